The lowest BCUT2D eigenvalue weighted by Crippen LogP contribution is -2.50. The molecule has 10 nitrogen and oxygen atoms in total. The number of carbonyl (C=O) groups is 1. The van der Waals surface area contributed by atoms with Gasteiger partial charge >= 0.3 is 12.1 Å². The molecule has 1 amide bonds. The van der Waals surface area contributed by atoms with E-state index >= 15 is 4.39 Å². The van der Waals surface area contributed by atoms with Gasteiger partial charge in [0, 0.05) is 48.7 Å². The normalized spacial score (nSPS) is 18.1. The number of likely N-dealkylation sites (tertiary alicyclic amines) is 1. The van der Waals surface area contributed by atoms with Crippen LogP contribution in [0.15, 0.2) is 24.3 Å². The summed E-state index contributed by atoms with van der Waals surface area (Å²) in [5.41, 5.74) is 6.82. The molecule has 2 N–H and O–H groups in total. The van der Waals surface area contributed by atoms with Crippen LogP contribution in [0, 0.1) is 5.82 Å². The Balaban J connectivity index is 1.40. The molecule has 4 heterocycles. The molecule has 2 aromatic heterocycles. The average molecular weight is 628 g/mol. The molecule has 43 heavy (non-hydrogen) atoms. The average Bonchev–Trinajstić information content (AvgIpc) is 3.55. The van der Waals surface area contributed by atoms with Crippen molar-refractivity contribution in [1.82, 2.24) is 24.8 Å². The van der Waals surface area contributed by atoms with Crippen LogP contribution < -0.4 is 15.4 Å². The van der Waals surface area contributed by atoms with Crippen molar-refractivity contribution in [2.24, 2.45) is 0 Å². The number of rotatable bonds is 5. The highest BCUT2D eigenvalue weighted by molar-refractivity contribution is 7.22. The van der Waals surface area contributed by atoms with Gasteiger partial charge < -0.3 is 29.9 Å². The SMILES string of the molecule is CN1CCC[C@H]1COc1nc(N2CCN(C(=O)OC(C)(C)C)CC2)c2cc(Cl)c(-c3cccc4sc(N)nc34)c(F)c2n1. The van der Waals surface area contributed by atoms with E-state index in [1.807, 2.05) is 37.8 Å². The van der Waals surface area contributed by atoms with Gasteiger partial charge in [-0.05, 0) is 59.3 Å². The number of likely N-dealkylation sites (N-methyl/N-ethyl adjacent to an activating group) is 1. The molecule has 0 aliphatic carbocycles. The second kappa shape index (κ2) is 11.5. The number of fused-ring (bicyclic) bond motifs is 2. The molecule has 4 aromatic rings. The summed E-state index contributed by atoms with van der Waals surface area (Å²) in [4.78, 5) is 32.4. The molecule has 0 saturated carbocycles. The Bertz CT molecular complexity index is 1690. The lowest BCUT2D eigenvalue weighted by molar-refractivity contribution is 0.0240. The Kier molecular flexibility index (Phi) is 7.95. The third-order valence-corrected chi connectivity index (χ3v) is 9.00. The zero-order chi connectivity index (χ0) is 30.5. The number of ether oxygens (including phenoxy) is 2. The number of hydrogen-bond acceptors (Lipinski definition) is 10. The van der Waals surface area contributed by atoms with Crippen molar-refractivity contribution in [3.05, 3.63) is 35.1 Å². The van der Waals surface area contributed by atoms with Crippen LogP contribution in [-0.4, -0.2) is 88.9 Å². The number of anilines is 2. The predicted octanol–water partition coefficient (Wildman–Crippen LogP) is 5.81. The minimum atomic E-state index is -0.586. The number of carbonyl (C=O) groups excluding carboxylic acids is 1. The van der Waals surface area contributed by atoms with Crippen molar-refractivity contribution < 1.29 is 18.7 Å². The smallest absolute Gasteiger partial charge is 0.410 e. The Morgan fingerprint density at radius 1 is 1.14 bits per heavy atom. The summed E-state index contributed by atoms with van der Waals surface area (Å²) in [6, 6.07) is 7.54. The Hall–Kier alpha value is -3.48. The molecule has 1 atom stereocenters. The summed E-state index contributed by atoms with van der Waals surface area (Å²) in [6.07, 6.45) is 1.75. The van der Waals surface area contributed by atoms with E-state index < -0.39 is 11.4 Å². The topological polar surface area (TPSA) is 110 Å². The quantitative estimate of drug-likeness (QED) is 0.293. The van der Waals surface area contributed by atoms with Crippen molar-refractivity contribution >= 4 is 61.1 Å². The zero-order valence-corrected chi connectivity index (χ0v) is 26.3. The Morgan fingerprint density at radius 2 is 1.91 bits per heavy atom. The molecule has 0 spiro atoms. The summed E-state index contributed by atoms with van der Waals surface area (Å²) in [5, 5.41) is 1.07. The Morgan fingerprint density at radius 3 is 2.60 bits per heavy atom. The van der Waals surface area contributed by atoms with Gasteiger partial charge in [-0.2, -0.15) is 9.97 Å². The van der Waals surface area contributed by atoms with Gasteiger partial charge in [0.15, 0.2) is 10.9 Å². The molecule has 6 rings (SSSR count). The second-order valence-electron chi connectivity index (χ2n) is 12.0. The van der Waals surface area contributed by atoms with E-state index in [2.05, 4.69) is 21.9 Å². The van der Waals surface area contributed by atoms with Crippen LogP contribution in [0.3, 0.4) is 0 Å². The summed E-state index contributed by atoms with van der Waals surface area (Å²) in [6.45, 7) is 8.70. The maximum atomic E-state index is 16.6. The molecule has 13 heteroatoms. The number of halogens is 2. The van der Waals surface area contributed by atoms with Gasteiger partial charge in [-0.3, -0.25) is 0 Å². The van der Waals surface area contributed by atoms with Crippen LogP contribution in [0.2, 0.25) is 5.02 Å². The number of piperazine rings is 1. The fourth-order valence-electron chi connectivity index (χ4n) is 5.67. The highest BCUT2D eigenvalue weighted by Gasteiger charge is 2.30. The highest BCUT2D eigenvalue weighted by Crippen LogP contribution is 2.42. The van der Waals surface area contributed by atoms with Gasteiger partial charge in [0.25, 0.3) is 0 Å². The van der Waals surface area contributed by atoms with Crippen molar-refractivity contribution in [1.29, 1.82) is 0 Å². The Labute approximate surface area is 258 Å². The third kappa shape index (κ3) is 6.00. The van der Waals surface area contributed by atoms with E-state index in [-0.39, 0.29) is 34.2 Å². The van der Waals surface area contributed by atoms with E-state index in [4.69, 9.17) is 31.8 Å². The molecule has 0 unspecified atom stereocenters. The first-order valence-electron chi connectivity index (χ1n) is 14.4. The number of hydrogen-bond donors (Lipinski definition) is 1. The van der Waals surface area contributed by atoms with Crippen molar-refractivity contribution in [2.75, 3.05) is 57.0 Å². The number of para-hydroxylation sites is 1. The number of aromatic nitrogens is 3. The highest BCUT2D eigenvalue weighted by atomic mass is 35.5. The van der Waals surface area contributed by atoms with Gasteiger partial charge in [-0.15, -0.1) is 0 Å². The van der Waals surface area contributed by atoms with Crippen LogP contribution in [0.5, 0.6) is 6.01 Å². The van der Waals surface area contributed by atoms with Gasteiger partial charge in [-0.1, -0.05) is 35.1 Å². The molecule has 0 radical (unpaired) electrons. The lowest BCUT2D eigenvalue weighted by atomic mass is 10.0. The van der Waals surface area contributed by atoms with E-state index in [1.54, 1.807) is 17.0 Å². The molecule has 2 fully saturated rings. The summed E-state index contributed by atoms with van der Waals surface area (Å²) >= 11 is 8.15. The number of thiazole rings is 1. The number of nitrogens with two attached hydrogens (primary N) is 1. The summed E-state index contributed by atoms with van der Waals surface area (Å²) < 4.78 is 29.1. The van der Waals surface area contributed by atoms with Crippen molar-refractivity contribution in [2.45, 2.75) is 45.3 Å². The molecular formula is C30H35ClFN7O3S. The molecule has 2 aliphatic heterocycles. The van der Waals surface area contributed by atoms with E-state index in [1.165, 1.54) is 11.3 Å². The third-order valence-electron chi connectivity index (χ3n) is 7.85. The van der Waals surface area contributed by atoms with Gasteiger partial charge in [0.2, 0.25) is 0 Å². The molecule has 2 saturated heterocycles. The molecule has 228 valence electrons. The first kappa shape index (κ1) is 29.6. The fraction of sp³-hybridized carbons (Fsp3) is 0.467. The second-order valence-corrected chi connectivity index (χ2v) is 13.5. The summed E-state index contributed by atoms with van der Waals surface area (Å²) in [7, 11) is 2.07. The van der Waals surface area contributed by atoms with Crippen molar-refractivity contribution in [3.8, 4) is 17.1 Å². The van der Waals surface area contributed by atoms with Crippen LogP contribution in [-0.2, 0) is 4.74 Å². The van der Waals surface area contributed by atoms with Gasteiger partial charge in [0.05, 0.1) is 15.2 Å². The van der Waals surface area contributed by atoms with Crippen molar-refractivity contribution in [3.63, 3.8) is 0 Å². The first-order chi connectivity index (χ1) is 20.5. The number of benzene rings is 2. The minimum absolute atomic E-state index is 0.0978. The molecule has 2 aliphatic rings. The first-order valence-corrected chi connectivity index (χ1v) is 15.6. The number of nitrogen functional groups attached to an aromatic ring is 1. The van der Waals surface area contributed by atoms with Gasteiger partial charge in [-0.25, -0.2) is 14.2 Å². The minimum Gasteiger partial charge on any atom is -0.462 e. The fourth-order valence-corrected chi connectivity index (χ4v) is 6.72. The maximum absolute atomic E-state index is 16.6. The predicted molar refractivity (Wildman–Crippen MR) is 169 cm³/mol. The van der Waals surface area contributed by atoms with E-state index in [9.17, 15) is 4.79 Å². The monoisotopic (exact) mass is 627 g/mol. The van der Waals surface area contributed by atoms with Gasteiger partial charge in [0.1, 0.15) is 23.5 Å². The lowest BCUT2D eigenvalue weighted by Gasteiger charge is -2.36. The zero-order valence-electron chi connectivity index (χ0n) is 24.7. The summed E-state index contributed by atoms with van der Waals surface area (Å²) in [5.74, 6) is -0.0764. The number of nitrogens with zero attached hydrogens (tertiary/aromatic N) is 6. The van der Waals surface area contributed by atoms with E-state index in [0.717, 1.165) is 24.1 Å². The molecule has 2 aromatic carbocycles. The number of amides is 1. The maximum Gasteiger partial charge on any atom is 0.410 e. The van der Waals surface area contributed by atoms with Crippen LogP contribution in [0.4, 0.5) is 20.1 Å². The van der Waals surface area contributed by atoms with Crippen LogP contribution in [0.1, 0.15) is 33.6 Å². The van der Waals surface area contributed by atoms with Crippen LogP contribution >= 0.6 is 22.9 Å². The van der Waals surface area contributed by atoms with Crippen LogP contribution in [0.25, 0.3) is 32.2 Å². The van der Waals surface area contributed by atoms with E-state index in [0.29, 0.717) is 60.2 Å². The molecular weight excluding hydrogens is 593 g/mol. The molecule has 0 bridgehead atoms. The largest absolute Gasteiger partial charge is 0.462 e. The standard InChI is InChI=1S/C30H35ClFN7O3S/c1-30(2,3)42-29(40)39-13-11-38(12-14-39)26-19-15-20(31)22(18-8-5-9-21-24(18)34-27(33)43-21)23(32)25(19)35-28(36-26)41-16-17-7-6-10-37(17)4/h5,8-9,15,17H,6-7,10-14,16H2,1-4H3,(H2,33,34)/t17-/m0/s1.